The summed E-state index contributed by atoms with van der Waals surface area (Å²) in [6, 6.07) is 7.71. The van der Waals surface area contributed by atoms with E-state index in [-0.39, 0.29) is 5.91 Å². The number of hydrogen-bond donors (Lipinski definition) is 1. The van der Waals surface area contributed by atoms with Gasteiger partial charge in [0.15, 0.2) is 0 Å². The number of anilines is 1. The SMILES string of the molecule is O=C(/C=C/CN1CCOCC1)Nc1ccc(-c2nccs2)cc1. The van der Waals surface area contributed by atoms with Crippen LogP contribution in [0.4, 0.5) is 5.69 Å². The number of hydrogen-bond acceptors (Lipinski definition) is 5. The standard InChI is InChI=1S/C17H19N3O2S/c21-16(2-1-8-20-9-11-22-12-10-20)19-15-5-3-14(4-6-15)17-18-7-13-23-17/h1-7,13H,8-12H2,(H,19,21)/b2-1+. The number of nitrogens with zero attached hydrogens (tertiary/aromatic N) is 2. The normalized spacial score (nSPS) is 15.8. The van der Waals surface area contributed by atoms with Gasteiger partial charge in [-0.15, -0.1) is 11.3 Å². The van der Waals surface area contributed by atoms with Crippen LogP contribution in [0.3, 0.4) is 0 Å². The maximum atomic E-state index is 11.9. The fourth-order valence-corrected chi connectivity index (χ4v) is 2.98. The highest BCUT2D eigenvalue weighted by molar-refractivity contribution is 7.13. The third-order valence-electron chi connectivity index (χ3n) is 3.57. The lowest BCUT2D eigenvalue weighted by Gasteiger charge is -2.24. The average molecular weight is 329 g/mol. The molecule has 0 saturated carbocycles. The number of nitrogens with one attached hydrogen (secondary N) is 1. The molecule has 5 nitrogen and oxygen atoms in total. The molecule has 1 N–H and O–H groups in total. The predicted molar refractivity (Wildman–Crippen MR) is 92.6 cm³/mol. The summed E-state index contributed by atoms with van der Waals surface area (Å²) in [7, 11) is 0. The van der Waals surface area contributed by atoms with Crippen molar-refractivity contribution in [1.29, 1.82) is 0 Å². The van der Waals surface area contributed by atoms with Crippen LogP contribution in [0.1, 0.15) is 0 Å². The molecule has 1 aliphatic rings. The number of aromatic nitrogens is 1. The van der Waals surface area contributed by atoms with Gasteiger partial charge in [-0.25, -0.2) is 4.98 Å². The fourth-order valence-electron chi connectivity index (χ4n) is 2.34. The van der Waals surface area contributed by atoms with Crippen LogP contribution in [0.2, 0.25) is 0 Å². The predicted octanol–water partition coefficient (Wildman–Crippen LogP) is 2.64. The van der Waals surface area contributed by atoms with Crippen LogP contribution >= 0.6 is 11.3 Å². The summed E-state index contributed by atoms with van der Waals surface area (Å²) in [5.74, 6) is -0.111. The van der Waals surface area contributed by atoms with Crippen LogP contribution in [-0.4, -0.2) is 48.6 Å². The average Bonchev–Trinajstić information content (AvgIpc) is 3.11. The largest absolute Gasteiger partial charge is 0.379 e. The first-order chi connectivity index (χ1) is 11.3. The minimum absolute atomic E-state index is 0.111. The van der Waals surface area contributed by atoms with Crippen molar-refractivity contribution in [3.05, 3.63) is 48.0 Å². The Kier molecular flexibility index (Phi) is 5.52. The quantitative estimate of drug-likeness (QED) is 0.857. The first kappa shape index (κ1) is 15.9. The van der Waals surface area contributed by atoms with E-state index in [2.05, 4.69) is 15.2 Å². The van der Waals surface area contributed by atoms with E-state index in [1.807, 2.05) is 35.7 Å². The van der Waals surface area contributed by atoms with Gasteiger partial charge < -0.3 is 10.1 Å². The van der Waals surface area contributed by atoms with Crippen LogP contribution in [-0.2, 0) is 9.53 Å². The molecule has 0 radical (unpaired) electrons. The summed E-state index contributed by atoms with van der Waals surface area (Å²) in [5.41, 5.74) is 1.84. The Morgan fingerprint density at radius 3 is 2.78 bits per heavy atom. The molecule has 0 atom stereocenters. The van der Waals surface area contributed by atoms with E-state index in [0.717, 1.165) is 49.1 Å². The van der Waals surface area contributed by atoms with E-state index in [1.54, 1.807) is 23.6 Å². The molecule has 1 aromatic heterocycles. The lowest BCUT2D eigenvalue weighted by Crippen LogP contribution is -2.36. The molecule has 1 aliphatic heterocycles. The number of carbonyl (C=O) groups excluding carboxylic acids is 1. The summed E-state index contributed by atoms with van der Waals surface area (Å²) in [5, 5.41) is 5.79. The number of ether oxygens (including phenoxy) is 1. The summed E-state index contributed by atoms with van der Waals surface area (Å²) in [6.07, 6.45) is 5.27. The van der Waals surface area contributed by atoms with Crippen LogP contribution in [0.25, 0.3) is 10.6 Å². The molecule has 2 heterocycles. The molecule has 3 rings (SSSR count). The highest BCUT2D eigenvalue weighted by Gasteiger charge is 2.08. The topological polar surface area (TPSA) is 54.5 Å². The molecular weight excluding hydrogens is 310 g/mol. The second-order valence-electron chi connectivity index (χ2n) is 5.22. The molecule has 1 fully saturated rings. The third kappa shape index (κ3) is 4.72. The highest BCUT2D eigenvalue weighted by atomic mass is 32.1. The van der Waals surface area contributed by atoms with E-state index in [9.17, 15) is 4.79 Å². The number of carbonyl (C=O) groups is 1. The van der Waals surface area contributed by atoms with E-state index in [0.29, 0.717) is 0 Å². The molecule has 1 saturated heterocycles. The fraction of sp³-hybridized carbons (Fsp3) is 0.294. The number of thiazole rings is 1. The molecule has 120 valence electrons. The Morgan fingerprint density at radius 1 is 1.30 bits per heavy atom. The van der Waals surface area contributed by atoms with Gasteiger partial charge in [-0.05, 0) is 24.3 Å². The van der Waals surface area contributed by atoms with Crippen LogP contribution < -0.4 is 5.32 Å². The lowest BCUT2D eigenvalue weighted by molar-refractivity contribution is -0.111. The van der Waals surface area contributed by atoms with E-state index in [4.69, 9.17) is 4.74 Å². The zero-order valence-corrected chi connectivity index (χ0v) is 13.6. The van der Waals surface area contributed by atoms with Crippen molar-refractivity contribution >= 4 is 22.9 Å². The summed E-state index contributed by atoms with van der Waals surface area (Å²) in [4.78, 5) is 18.4. The van der Waals surface area contributed by atoms with Crippen molar-refractivity contribution in [3.8, 4) is 10.6 Å². The Labute approximate surface area is 139 Å². The Hall–Kier alpha value is -2.02. The van der Waals surface area contributed by atoms with Gasteiger partial charge in [0.1, 0.15) is 5.01 Å². The molecule has 1 aromatic carbocycles. The number of amides is 1. The van der Waals surface area contributed by atoms with Gasteiger partial charge in [0.05, 0.1) is 13.2 Å². The van der Waals surface area contributed by atoms with E-state index < -0.39 is 0 Å². The Morgan fingerprint density at radius 2 is 2.09 bits per heavy atom. The summed E-state index contributed by atoms with van der Waals surface area (Å²) in [6.45, 7) is 4.16. The maximum Gasteiger partial charge on any atom is 0.248 e. The minimum Gasteiger partial charge on any atom is -0.379 e. The number of morpholine rings is 1. The van der Waals surface area contributed by atoms with Gasteiger partial charge in [-0.2, -0.15) is 0 Å². The van der Waals surface area contributed by atoms with Crippen molar-refractivity contribution in [2.24, 2.45) is 0 Å². The van der Waals surface area contributed by atoms with Crippen molar-refractivity contribution in [3.63, 3.8) is 0 Å². The van der Waals surface area contributed by atoms with Crippen molar-refractivity contribution in [1.82, 2.24) is 9.88 Å². The Balaban J connectivity index is 1.49. The first-order valence-electron chi connectivity index (χ1n) is 7.59. The van der Waals surface area contributed by atoms with Gasteiger partial charge in [-0.3, -0.25) is 9.69 Å². The minimum atomic E-state index is -0.111. The van der Waals surface area contributed by atoms with Gasteiger partial charge in [-0.1, -0.05) is 6.08 Å². The lowest BCUT2D eigenvalue weighted by atomic mass is 10.2. The van der Waals surface area contributed by atoms with Gasteiger partial charge in [0, 0.05) is 48.5 Å². The van der Waals surface area contributed by atoms with Crippen LogP contribution in [0.5, 0.6) is 0 Å². The van der Waals surface area contributed by atoms with Crippen molar-refractivity contribution < 1.29 is 9.53 Å². The highest BCUT2D eigenvalue weighted by Crippen LogP contribution is 2.23. The molecule has 0 bridgehead atoms. The molecule has 0 unspecified atom stereocenters. The van der Waals surface area contributed by atoms with Crippen LogP contribution in [0, 0.1) is 0 Å². The summed E-state index contributed by atoms with van der Waals surface area (Å²) < 4.78 is 5.29. The second-order valence-corrected chi connectivity index (χ2v) is 6.11. The smallest absolute Gasteiger partial charge is 0.248 e. The van der Waals surface area contributed by atoms with E-state index in [1.165, 1.54) is 0 Å². The molecule has 23 heavy (non-hydrogen) atoms. The van der Waals surface area contributed by atoms with Crippen molar-refractivity contribution in [2.75, 3.05) is 38.2 Å². The maximum absolute atomic E-state index is 11.9. The van der Waals surface area contributed by atoms with Gasteiger partial charge >= 0.3 is 0 Å². The summed E-state index contributed by atoms with van der Waals surface area (Å²) >= 11 is 1.60. The first-order valence-corrected chi connectivity index (χ1v) is 8.47. The molecular formula is C17H19N3O2S. The molecule has 1 amide bonds. The zero-order valence-electron chi connectivity index (χ0n) is 12.8. The Bertz CT molecular complexity index is 647. The monoisotopic (exact) mass is 329 g/mol. The second kappa shape index (κ2) is 8.01. The van der Waals surface area contributed by atoms with Crippen molar-refractivity contribution in [2.45, 2.75) is 0 Å². The van der Waals surface area contributed by atoms with Gasteiger partial charge in [0.25, 0.3) is 0 Å². The molecule has 0 spiro atoms. The molecule has 0 aliphatic carbocycles. The number of benzene rings is 1. The van der Waals surface area contributed by atoms with Crippen LogP contribution in [0.15, 0.2) is 48.0 Å². The zero-order chi connectivity index (χ0) is 15.9. The molecule has 6 heteroatoms. The van der Waals surface area contributed by atoms with Gasteiger partial charge in [0.2, 0.25) is 5.91 Å². The van der Waals surface area contributed by atoms with E-state index >= 15 is 0 Å². The number of rotatable bonds is 5. The molecule has 2 aromatic rings. The third-order valence-corrected chi connectivity index (χ3v) is 4.39.